The molecule has 106 valence electrons. The molecule has 11 heteroatoms. The van der Waals surface area contributed by atoms with Gasteiger partial charge in [0.2, 0.25) is 11.8 Å². The van der Waals surface area contributed by atoms with Gasteiger partial charge in [0, 0.05) is 0 Å². The van der Waals surface area contributed by atoms with Gasteiger partial charge in [0.25, 0.3) is 0 Å². The van der Waals surface area contributed by atoms with Crippen LogP contribution in [0.25, 0.3) is 0 Å². The normalized spacial score (nSPS) is 13.9. The van der Waals surface area contributed by atoms with Gasteiger partial charge in [-0.15, -0.1) is 9.81 Å². The fraction of sp³-hybridized carbons (Fsp3) is 0.444. The van der Waals surface area contributed by atoms with Crippen molar-refractivity contribution in [3.63, 3.8) is 0 Å². The number of aromatic nitrogens is 2. The fourth-order valence-electron chi connectivity index (χ4n) is 1.69. The highest BCUT2D eigenvalue weighted by molar-refractivity contribution is 6.33. The number of guanidine groups is 1. The Hall–Kier alpha value is -2.36. The first kappa shape index (κ1) is 14.1. The Balaban J connectivity index is 2.52. The Morgan fingerprint density at radius 1 is 1.40 bits per heavy atom. The van der Waals surface area contributed by atoms with Gasteiger partial charge in [0.1, 0.15) is 5.82 Å². The predicted octanol–water partition coefficient (Wildman–Crippen LogP) is 1.29. The number of nitroso groups, excluding NO2 is 2. The Bertz CT molecular complexity index is 579. The van der Waals surface area contributed by atoms with Crippen LogP contribution in [0.5, 0.6) is 5.88 Å². The number of aryl methyl sites for hydroxylation is 1. The Morgan fingerprint density at radius 3 is 2.75 bits per heavy atom. The molecule has 0 unspecified atom stereocenters. The summed E-state index contributed by atoms with van der Waals surface area (Å²) in [5, 5.41) is 7.28. The summed E-state index contributed by atoms with van der Waals surface area (Å²) in [5.41, 5.74) is 0.00377. The molecule has 0 saturated heterocycles. The standard InChI is InChI=1S/C9H10ClN7O3/c1-5-12-7(10)6(8(13-5)20-2)17(15-19)9-11-3-4-16(9)14-18/h3-4H2,1-2H3. The van der Waals surface area contributed by atoms with E-state index in [0.29, 0.717) is 12.4 Å². The quantitative estimate of drug-likeness (QED) is 0.467. The Labute approximate surface area is 118 Å². The highest BCUT2D eigenvalue weighted by Gasteiger charge is 2.31. The van der Waals surface area contributed by atoms with Gasteiger partial charge >= 0.3 is 0 Å². The number of halogens is 1. The van der Waals surface area contributed by atoms with Gasteiger partial charge in [0.15, 0.2) is 10.8 Å². The van der Waals surface area contributed by atoms with Crippen molar-refractivity contribution < 1.29 is 4.74 Å². The van der Waals surface area contributed by atoms with Crippen molar-refractivity contribution in [1.29, 1.82) is 0 Å². The lowest BCUT2D eigenvalue weighted by molar-refractivity contribution is 0.395. The van der Waals surface area contributed by atoms with Crippen LogP contribution in [0.3, 0.4) is 0 Å². The molecule has 0 radical (unpaired) electrons. The van der Waals surface area contributed by atoms with E-state index in [1.165, 1.54) is 7.11 Å². The van der Waals surface area contributed by atoms with Crippen molar-refractivity contribution in [3.05, 3.63) is 20.8 Å². The average Bonchev–Trinajstić information content (AvgIpc) is 2.89. The molecule has 0 aliphatic carbocycles. The highest BCUT2D eigenvalue weighted by Crippen LogP contribution is 2.34. The molecule has 0 aromatic carbocycles. The maximum Gasteiger partial charge on any atom is 0.248 e. The van der Waals surface area contributed by atoms with Crippen LogP contribution in [-0.4, -0.2) is 41.1 Å². The van der Waals surface area contributed by atoms with Crippen molar-refractivity contribution in [1.82, 2.24) is 15.0 Å². The number of nitrogens with zero attached hydrogens (tertiary/aromatic N) is 7. The van der Waals surface area contributed by atoms with Gasteiger partial charge in [-0.3, -0.25) is 0 Å². The summed E-state index contributed by atoms with van der Waals surface area (Å²) in [6.07, 6.45) is 0. The van der Waals surface area contributed by atoms with Crippen LogP contribution in [0, 0.1) is 16.7 Å². The minimum atomic E-state index is -0.0531. The highest BCUT2D eigenvalue weighted by atomic mass is 35.5. The summed E-state index contributed by atoms with van der Waals surface area (Å²) in [4.78, 5) is 33.7. The van der Waals surface area contributed by atoms with E-state index in [-0.39, 0.29) is 29.2 Å². The molecule has 2 rings (SSSR count). The lowest BCUT2D eigenvalue weighted by atomic mass is 10.4. The number of anilines is 1. The lowest BCUT2D eigenvalue weighted by Crippen LogP contribution is -2.36. The van der Waals surface area contributed by atoms with E-state index in [1.54, 1.807) is 6.92 Å². The van der Waals surface area contributed by atoms with Crippen LogP contribution in [0.2, 0.25) is 5.15 Å². The molecule has 0 fully saturated rings. The summed E-state index contributed by atoms with van der Waals surface area (Å²) in [5.74, 6) is 0.352. The van der Waals surface area contributed by atoms with Crippen molar-refractivity contribution in [2.24, 2.45) is 15.6 Å². The Kier molecular flexibility index (Phi) is 4.03. The average molecular weight is 300 g/mol. The molecule has 0 atom stereocenters. The topological polar surface area (TPSA) is 113 Å². The van der Waals surface area contributed by atoms with E-state index in [1.807, 2.05) is 0 Å². The summed E-state index contributed by atoms with van der Waals surface area (Å²) < 4.78 is 5.06. The third kappa shape index (κ3) is 2.37. The first-order chi connectivity index (χ1) is 9.62. The third-order valence-electron chi connectivity index (χ3n) is 2.49. The van der Waals surface area contributed by atoms with Crippen LogP contribution in [0.1, 0.15) is 5.82 Å². The fourth-order valence-corrected chi connectivity index (χ4v) is 1.97. The molecule has 0 saturated carbocycles. The smallest absolute Gasteiger partial charge is 0.248 e. The van der Waals surface area contributed by atoms with Gasteiger partial charge < -0.3 is 4.74 Å². The molecule has 20 heavy (non-hydrogen) atoms. The molecule has 0 bridgehead atoms. The van der Waals surface area contributed by atoms with E-state index in [9.17, 15) is 9.81 Å². The molecule has 1 aromatic heterocycles. The van der Waals surface area contributed by atoms with E-state index >= 15 is 0 Å². The maximum atomic E-state index is 11.1. The van der Waals surface area contributed by atoms with Gasteiger partial charge in [-0.2, -0.15) is 15.0 Å². The van der Waals surface area contributed by atoms with E-state index < -0.39 is 0 Å². The number of methoxy groups -OCH3 is 1. The number of hydrogen-bond donors (Lipinski definition) is 0. The largest absolute Gasteiger partial charge is 0.479 e. The summed E-state index contributed by atoms with van der Waals surface area (Å²) >= 11 is 6.00. The molecule has 1 aromatic rings. The molecule has 0 spiro atoms. The molecular formula is C9H10ClN7O3. The first-order valence-electron chi connectivity index (χ1n) is 5.49. The van der Waals surface area contributed by atoms with Crippen molar-refractivity contribution >= 4 is 23.2 Å². The second kappa shape index (κ2) is 5.74. The van der Waals surface area contributed by atoms with E-state index in [2.05, 4.69) is 25.5 Å². The second-order valence-electron chi connectivity index (χ2n) is 3.70. The van der Waals surface area contributed by atoms with Crippen LogP contribution < -0.4 is 9.75 Å². The zero-order valence-electron chi connectivity index (χ0n) is 10.6. The minimum Gasteiger partial charge on any atom is -0.479 e. The van der Waals surface area contributed by atoms with Crippen LogP contribution in [-0.2, 0) is 0 Å². The Morgan fingerprint density at radius 2 is 2.15 bits per heavy atom. The zero-order valence-corrected chi connectivity index (χ0v) is 11.4. The molecule has 10 nitrogen and oxygen atoms in total. The molecule has 1 aliphatic rings. The van der Waals surface area contributed by atoms with Gasteiger partial charge in [-0.05, 0) is 6.92 Å². The maximum absolute atomic E-state index is 11.1. The van der Waals surface area contributed by atoms with Crippen molar-refractivity contribution in [2.75, 3.05) is 25.2 Å². The van der Waals surface area contributed by atoms with Gasteiger partial charge in [-0.25, -0.2) is 9.98 Å². The third-order valence-corrected chi connectivity index (χ3v) is 2.76. The number of hydrogen-bond acceptors (Lipinski definition) is 8. The van der Waals surface area contributed by atoms with E-state index in [4.69, 9.17) is 16.3 Å². The molecule has 2 heterocycles. The summed E-state index contributed by atoms with van der Waals surface area (Å²) in [6, 6.07) is 0. The second-order valence-corrected chi connectivity index (χ2v) is 4.06. The number of rotatable bonds is 4. The van der Waals surface area contributed by atoms with Crippen LogP contribution in [0.4, 0.5) is 5.69 Å². The molecular weight excluding hydrogens is 290 g/mol. The van der Waals surface area contributed by atoms with E-state index in [0.717, 1.165) is 10.0 Å². The predicted molar refractivity (Wildman–Crippen MR) is 71.4 cm³/mol. The SMILES string of the molecule is COc1nc(C)nc(Cl)c1N(N=O)C1=NCCN1N=O. The lowest BCUT2D eigenvalue weighted by Gasteiger charge is -2.20. The molecule has 0 amide bonds. The number of aliphatic imine (C=N–C) groups is 1. The minimum absolute atomic E-state index is 0.00377. The van der Waals surface area contributed by atoms with Crippen molar-refractivity contribution in [2.45, 2.75) is 6.92 Å². The van der Waals surface area contributed by atoms with Crippen LogP contribution >= 0.6 is 11.6 Å². The molecule has 1 aliphatic heterocycles. The van der Waals surface area contributed by atoms with Crippen molar-refractivity contribution in [3.8, 4) is 5.88 Å². The van der Waals surface area contributed by atoms with Crippen LogP contribution in [0.15, 0.2) is 15.6 Å². The first-order valence-corrected chi connectivity index (χ1v) is 5.87. The van der Waals surface area contributed by atoms with Gasteiger partial charge in [-0.1, -0.05) is 11.6 Å². The zero-order chi connectivity index (χ0) is 14.7. The summed E-state index contributed by atoms with van der Waals surface area (Å²) in [7, 11) is 1.36. The molecule has 0 N–H and O–H groups in total. The monoisotopic (exact) mass is 299 g/mol. The number of ether oxygens (including phenoxy) is 1. The summed E-state index contributed by atoms with van der Waals surface area (Å²) in [6.45, 7) is 2.17. The van der Waals surface area contributed by atoms with Gasteiger partial charge in [0.05, 0.1) is 30.8 Å².